The van der Waals surface area contributed by atoms with Crippen LogP contribution in [0.2, 0.25) is 0 Å². The van der Waals surface area contributed by atoms with Crippen LogP contribution in [-0.2, 0) is 21.2 Å². The second kappa shape index (κ2) is 9.04. The van der Waals surface area contributed by atoms with Gasteiger partial charge < -0.3 is 0 Å². The Balaban J connectivity index is 1.64. The molecule has 156 valence electrons. The highest BCUT2D eigenvalue weighted by molar-refractivity contribution is 9.10. The lowest BCUT2D eigenvalue weighted by atomic mass is 9.91. The first-order valence-electron chi connectivity index (χ1n) is 9.77. The van der Waals surface area contributed by atoms with Gasteiger partial charge >= 0.3 is 0 Å². The fourth-order valence-electron chi connectivity index (χ4n) is 3.50. The maximum Gasteiger partial charge on any atom is 0.264 e. The van der Waals surface area contributed by atoms with E-state index < -0.39 is 21.8 Å². The molecule has 0 aromatic heterocycles. The van der Waals surface area contributed by atoms with Gasteiger partial charge in [0, 0.05) is 4.47 Å². The monoisotopic (exact) mass is 493 g/mol. The second-order valence-corrected chi connectivity index (χ2v) is 9.87. The van der Waals surface area contributed by atoms with Gasteiger partial charge in [0.15, 0.2) is 0 Å². The van der Waals surface area contributed by atoms with E-state index in [2.05, 4.69) is 20.7 Å². The zero-order chi connectivity index (χ0) is 21.8. The number of sulfonamides is 1. The summed E-state index contributed by atoms with van der Waals surface area (Å²) in [6.07, 6.45) is 0.390. The van der Waals surface area contributed by atoms with Gasteiger partial charge in [0.1, 0.15) is 0 Å². The standard InChI is InChI=1S/C25H20BrNO3S/c26-22-13-10-20(11-14-22)24(16-18-6-2-1-3-7-18)25(28)27-31(29,30)23-15-12-19-8-4-5-9-21(19)17-23/h1-15,17,24H,16H2,(H,27,28). The van der Waals surface area contributed by atoms with Crippen molar-refractivity contribution < 1.29 is 13.2 Å². The topological polar surface area (TPSA) is 63.2 Å². The predicted molar refractivity (Wildman–Crippen MR) is 126 cm³/mol. The molecule has 0 saturated carbocycles. The van der Waals surface area contributed by atoms with E-state index in [9.17, 15) is 13.2 Å². The Morgan fingerprint density at radius 1 is 0.806 bits per heavy atom. The Bertz CT molecular complexity index is 1320. The molecule has 0 radical (unpaired) electrons. The minimum absolute atomic E-state index is 0.0637. The van der Waals surface area contributed by atoms with E-state index in [1.165, 1.54) is 6.07 Å². The van der Waals surface area contributed by atoms with E-state index in [1.54, 1.807) is 12.1 Å². The largest absolute Gasteiger partial charge is 0.273 e. The summed E-state index contributed by atoms with van der Waals surface area (Å²) in [5, 5.41) is 1.73. The second-order valence-electron chi connectivity index (χ2n) is 7.27. The molecule has 0 aliphatic heterocycles. The van der Waals surface area contributed by atoms with Gasteiger partial charge in [0.2, 0.25) is 5.91 Å². The van der Waals surface area contributed by atoms with Crippen molar-refractivity contribution in [3.63, 3.8) is 0 Å². The summed E-state index contributed by atoms with van der Waals surface area (Å²) < 4.78 is 29.2. The van der Waals surface area contributed by atoms with Gasteiger partial charge in [0.25, 0.3) is 10.0 Å². The zero-order valence-corrected chi connectivity index (χ0v) is 18.9. The SMILES string of the molecule is O=C(NS(=O)(=O)c1ccc2ccccc2c1)C(Cc1ccccc1)c1ccc(Br)cc1. The Labute approximate surface area is 190 Å². The minimum atomic E-state index is -4.01. The maximum atomic E-state index is 13.2. The highest BCUT2D eigenvalue weighted by Crippen LogP contribution is 2.25. The third-order valence-electron chi connectivity index (χ3n) is 5.14. The molecule has 0 fully saturated rings. The van der Waals surface area contributed by atoms with E-state index in [0.29, 0.717) is 6.42 Å². The molecule has 0 bridgehead atoms. The lowest BCUT2D eigenvalue weighted by Crippen LogP contribution is -2.35. The molecule has 0 saturated heterocycles. The fourth-order valence-corrected chi connectivity index (χ4v) is 4.82. The highest BCUT2D eigenvalue weighted by atomic mass is 79.9. The molecule has 1 atom stereocenters. The van der Waals surface area contributed by atoms with Gasteiger partial charge in [0.05, 0.1) is 10.8 Å². The van der Waals surface area contributed by atoms with Crippen LogP contribution < -0.4 is 4.72 Å². The van der Waals surface area contributed by atoms with E-state index in [1.807, 2.05) is 78.9 Å². The summed E-state index contributed by atoms with van der Waals surface area (Å²) in [4.78, 5) is 13.2. The molecule has 1 unspecified atom stereocenters. The van der Waals surface area contributed by atoms with Gasteiger partial charge in [-0.05, 0) is 52.6 Å². The van der Waals surface area contributed by atoms with Crippen molar-refractivity contribution in [1.29, 1.82) is 0 Å². The molecule has 0 spiro atoms. The van der Waals surface area contributed by atoms with E-state index in [0.717, 1.165) is 26.4 Å². The number of carbonyl (C=O) groups is 1. The lowest BCUT2D eigenvalue weighted by molar-refractivity contribution is -0.120. The van der Waals surface area contributed by atoms with Crippen molar-refractivity contribution in [3.05, 3.63) is 113 Å². The third-order valence-corrected chi connectivity index (χ3v) is 7.01. The maximum absolute atomic E-state index is 13.2. The molecular weight excluding hydrogens is 474 g/mol. The highest BCUT2D eigenvalue weighted by Gasteiger charge is 2.26. The Morgan fingerprint density at radius 2 is 1.45 bits per heavy atom. The summed E-state index contributed by atoms with van der Waals surface area (Å²) in [7, 11) is -4.01. The summed E-state index contributed by atoms with van der Waals surface area (Å²) in [6, 6.07) is 29.3. The molecule has 31 heavy (non-hydrogen) atoms. The van der Waals surface area contributed by atoms with Crippen LogP contribution in [0.4, 0.5) is 0 Å². The van der Waals surface area contributed by atoms with Gasteiger partial charge in [-0.3, -0.25) is 4.79 Å². The number of carbonyl (C=O) groups excluding carboxylic acids is 1. The van der Waals surface area contributed by atoms with Crippen LogP contribution in [0.15, 0.2) is 106 Å². The smallest absolute Gasteiger partial charge is 0.264 e. The van der Waals surface area contributed by atoms with Crippen LogP contribution in [0, 0.1) is 0 Å². The quantitative estimate of drug-likeness (QED) is 0.389. The molecule has 1 N–H and O–H groups in total. The average molecular weight is 494 g/mol. The predicted octanol–water partition coefficient (Wildman–Crippen LogP) is 5.43. The molecule has 0 aliphatic rings. The molecule has 4 aromatic carbocycles. The third kappa shape index (κ3) is 5.03. The van der Waals surface area contributed by atoms with Crippen LogP contribution in [0.3, 0.4) is 0 Å². The van der Waals surface area contributed by atoms with Crippen LogP contribution >= 0.6 is 15.9 Å². The normalized spacial score (nSPS) is 12.4. The van der Waals surface area contributed by atoms with Crippen molar-refractivity contribution in [1.82, 2.24) is 4.72 Å². The Hall–Kier alpha value is -2.96. The molecule has 4 nitrogen and oxygen atoms in total. The number of halogens is 1. The van der Waals surface area contributed by atoms with Gasteiger partial charge in [-0.2, -0.15) is 0 Å². The van der Waals surface area contributed by atoms with Gasteiger partial charge in [-0.1, -0.05) is 88.7 Å². The lowest BCUT2D eigenvalue weighted by Gasteiger charge is -2.18. The first-order valence-corrected chi connectivity index (χ1v) is 12.0. The number of fused-ring (bicyclic) bond motifs is 1. The summed E-state index contributed by atoms with van der Waals surface area (Å²) in [6.45, 7) is 0. The summed E-state index contributed by atoms with van der Waals surface area (Å²) in [5.41, 5.74) is 1.70. The summed E-state index contributed by atoms with van der Waals surface area (Å²) >= 11 is 3.40. The van der Waals surface area contributed by atoms with Crippen LogP contribution in [0.1, 0.15) is 17.0 Å². The molecule has 4 rings (SSSR count). The minimum Gasteiger partial charge on any atom is -0.273 e. The zero-order valence-electron chi connectivity index (χ0n) is 16.5. The van der Waals surface area contributed by atoms with Crippen LogP contribution in [0.25, 0.3) is 10.8 Å². The number of nitrogens with one attached hydrogen (secondary N) is 1. The molecular formula is C25H20BrNO3S. The van der Waals surface area contributed by atoms with Crippen LogP contribution in [0.5, 0.6) is 0 Å². The van der Waals surface area contributed by atoms with Crippen molar-refractivity contribution in [2.75, 3.05) is 0 Å². The van der Waals surface area contributed by atoms with E-state index >= 15 is 0 Å². The molecule has 0 aliphatic carbocycles. The molecule has 1 amide bonds. The average Bonchev–Trinajstić information content (AvgIpc) is 2.78. The first kappa shape index (κ1) is 21.3. The van der Waals surface area contributed by atoms with E-state index in [4.69, 9.17) is 0 Å². The number of benzene rings is 4. The van der Waals surface area contributed by atoms with Gasteiger partial charge in [-0.15, -0.1) is 0 Å². The number of amides is 1. The van der Waals surface area contributed by atoms with Crippen molar-refractivity contribution in [2.45, 2.75) is 17.2 Å². The Kier molecular flexibility index (Phi) is 6.20. The number of rotatable bonds is 6. The van der Waals surface area contributed by atoms with Gasteiger partial charge in [-0.25, -0.2) is 13.1 Å². The fraction of sp³-hybridized carbons (Fsp3) is 0.0800. The molecule has 4 aromatic rings. The number of hydrogen-bond acceptors (Lipinski definition) is 3. The number of hydrogen-bond donors (Lipinski definition) is 1. The summed E-state index contributed by atoms with van der Waals surface area (Å²) in [5.74, 6) is -1.20. The van der Waals surface area contributed by atoms with Crippen molar-refractivity contribution >= 4 is 42.6 Å². The Morgan fingerprint density at radius 3 is 2.16 bits per heavy atom. The molecule has 6 heteroatoms. The van der Waals surface area contributed by atoms with E-state index in [-0.39, 0.29) is 4.90 Å². The van der Waals surface area contributed by atoms with Crippen LogP contribution in [-0.4, -0.2) is 14.3 Å². The van der Waals surface area contributed by atoms with Crippen molar-refractivity contribution in [2.24, 2.45) is 0 Å². The van der Waals surface area contributed by atoms with Crippen molar-refractivity contribution in [3.8, 4) is 0 Å². The first-order chi connectivity index (χ1) is 14.9. The molecule has 0 heterocycles.